The Morgan fingerprint density at radius 1 is 0.913 bits per heavy atom. The number of esters is 1. The molecular formula is C15H9Cl4NO3. The number of ether oxygens (including phenoxy) is 1. The molecule has 0 aromatic heterocycles. The Kier molecular flexibility index (Phi) is 6.13. The molecular weight excluding hydrogens is 384 g/mol. The largest absolute Gasteiger partial charge is 0.452 e. The van der Waals surface area contributed by atoms with Gasteiger partial charge in [-0.05, 0) is 36.4 Å². The molecule has 0 spiro atoms. The van der Waals surface area contributed by atoms with Crippen molar-refractivity contribution >= 4 is 64.0 Å². The summed E-state index contributed by atoms with van der Waals surface area (Å²) in [6, 6.07) is 8.88. The first-order valence-corrected chi connectivity index (χ1v) is 7.75. The zero-order valence-electron chi connectivity index (χ0n) is 11.4. The minimum Gasteiger partial charge on any atom is -0.452 e. The van der Waals surface area contributed by atoms with Gasteiger partial charge in [0.05, 0.1) is 26.3 Å². The lowest BCUT2D eigenvalue weighted by molar-refractivity contribution is -0.119. The normalized spacial score (nSPS) is 10.3. The number of nitrogens with one attached hydrogen (secondary N) is 1. The number of carbonyl (C=O) groups excluding carboxylic acids is 2. The summed E-state index contributed by atoms with van der Waals surface area (Å²) < 4.78 is 4.90. The van der Waals surface area contributed by atoms with Crippen molar-refractivity contribution in [2.24, 2.45) is 0 Å². The molecule has 4 nitrogen and oxygen atoms in total. The third-order valence-corrected chi connectivity index (χ3v) is 3.98. The fraction of sp³-hybridized carbons (Fsp3) is 0.0667. The lowest BCUT2D eigenvalue weighted by atomic mass is 10.2. The molecule has 0 aliphatic heterocycles. The van der Waals surface area contributed by atoms with E-state index in [1.54, 1.807) is 12.1 Å². The molecule has 1 amide bonds. The number of anilines is 1. The summed E-state index contributed by atoms with van der Waals surface area (Å²) in [6.45, 7) is -0.474. The van der Waals surface area contributed by atoms with E-state index < -0.39 is 18.5 Å². The summed E-state index contributed by atoms with van der Waals surface area (Å²) in [6.07, 6.45) is 0. The van der Waals surface area contributed by atoms with Crippen molar-refractivity contribution in [2.75, 3.05) is 11.9 Å². The van der Waals surface area contributed by atoms with E-state index >= 15 is 0 Å². The summed E-state index contributed by atoms with van der Waals surface area (Å²) >= 11 is 23.3. The second-order valence-electron chi connectivity index (χ2n) is 4.38. The molecule has 2 aromatic rings. The Hall–Kier alpha value is -1.46. The molecule has 0 saturated carbocycles. The van der Waals surface area contributed by atoms with Gasteiger partial charge in [0.25, 0.3) is 5.91 Å². The maximum atomic E-state index is 11.8. The number of carbonyl (C=O) groups is 2. The van der Waals surface area contributed by atoms with E-state index in [1.165, 1.54) is 24.3 Å². The molecule has 8 heteroatoms. The van der Waals surface area contributed by atoms with Crippen LogP contribution in [0.4, 0.5) is 5.69 Å². The van der Waals surface area contributed by atoms with Gasteiger partial charge in [0.15, 0.2) is 6.61 Å². The van der Waals surface area contributed by atoms with E-state index in [0.717, 1.165) is 0 Å². The van der Waals surface area contributed by atoms with Gasteiger partial charge in [0, 0.05) is 5.02 Å². The van der Waals surface area contributed by atoms with Gasteiger partial charge >= 0.3 is 5.97 Å². The first-order valence-electron chi connectivity index (χ1n) is 6.24. The number of hydrogen-bond acceptors (Lipinski definition) is 3. The quantitative estimate of drug-likeness (QED) is 0.736. The molecule has 0 aliphatic rings. The van der Waals surface area contributed by atoms with Crippen molar-refractivity contribution in [2.45, 2.75) is 0 Å². The Bertz CT molecular complexity index is 764. The number of rotatable bonds is 4. The highest BCUT2D eigenvalue weighted by molar-refractivity contribution is 6.42. The lowest BCUT2D eigenvalue weighted by Gasteiger charge is -2.08. The first-order chi connectivity index (χ1) is 10.9. The minimum atomic E-state index is -0.694. The smallest absolute Gasteiger partial charge is 0.338 e. The Labute approximate surface area is 152 Å². The summed E-state index contributed by atoms with van der Waals surface area (Å²) in [5.41, 5.74) is 0.559. The van der Waals surface area contributed by atoms with Crippen LogP contribution in [0.15, 0.2) is 36.4 Å². The van der Waals surface area contributed by atoms with Crippen molar-refractivity contribution in [1.82, 2.24) is 0 Å². The van der Waals surface area contributed by atoms with Gasteiger partial charge in [0.2, 0.25) is 0 Å². The third-order valence-electron chi connectivity index (χ3n) is 2.69. The van der Waals surface area contributed by atoms with Crippen molar-refractivity contribution in [3.05, 3.63) is 62.1 Å². The van der Waals surface area contributed by atoms with Crippen molar-refractivity contribution in [3.63, 3.8) is 0 Å². The average molecular weight is 393 g/mol. The van der Waals surface area contributed by atoms with Gasteiger partial charge in [-0.1, -0.05) is 46.4 Å². The fourth-order valence-corrected chi connectivity index (χ4v) is 2.37. The molecule has 0 unspecified atom stereocenters. The highest BCUT2D eigenvalue weighted by Gasteiger charge is 2.13. The zero-order valence-corrected chi connectivity index (χ0v) is 14.4. The van der Waals surface area contributed by atoms with Gasteiger partial charge in [-0.15, -0.1) is 0 Å². The van der Waals surface area contributed by atoms with E-state index in [1.807, 2.05) is 0 Å². The Balaban J connectivity index is 1.93. The maximum absolute atomic E-state index is 11.8. The van der Waals surface area contributed by atoms with E-state index in [4.69, 9.17) is 51.1 Å². The molecule has 2 rings (SSSR count). The van der Waals surface area contributed by atoms with Crippen molar-refractivity contribution < 1.29 is 14.3 Å². The number of amides is 1. The monoisotopic (exact) mass is 391 g/mol. The number of benzene rings is 2. The van der Waals surface area contributed by atoms with E-state index in [2.05, 4.69) is 5.32 Å². The fourth-order valence-electron chi connectivity index (χ4n) is 1.61. The first kappa shape index (κ1) is 17.9. The van der Waals surface area contributed by atoms with Gasteiger partial charge in [-0.2, -0.15) is 0 Å². The molecule has 0 aliphatic carbocycles. The molecule has 0 bridgehead atoms. The van der Waals surface area contributed by atoms with E-state index in [9.17, 15) is 9.59 Å². The van der Waals surface area contributed by atoms with Crippen LogP contribution in [0.25, 0.3) is 0 Å². The number of halogens is 4. The Morgan fingerprint density at radius 3 is 2.30 bits per heavy atom. The minimum absolute atomic E-state index is 0.191. The maximum Gasteiger partial charge on any atom is 0.338 e. The Morgan fingerprint density at radius 2 is 1.65 bits per heavy atom. The van der Waals surface area contributed by atoms with Crippen LogP contribution in [0.3, 0.4) is 0 Å². The number of hydrogen-bond donors (Lipinski definition) is 1. The summed E-state index contributed by atoms with van der Waals surface area (Å²) in [7, 11) is 0. The predicted molar refractivity (Wildman–Crippen MR) is 91.8 cm³/mol. The molecule has 0 saturated heterocycles. The molecule has 0 radical (unpaired) electrons. The van der Waals surface area contributed by atoms with Gasteiger partial charge in [-0.3, -0.25) is 4.79 Å². The van der Waals surface area contributed by atoms with Crippen LogP contribution >= 0.6 is 46.4 Å². The van der Waals surface area contributed by atoms with Gasteiger partial charge in [-0.25, -0.2) is 4.79 Å². The standard InChI is InChI=1S/C15H9Cl4NO3/c16-9-2-4-13(12(19)6-9)20-14(21)7-23-15(22)8-1-3-10(17)11(18)5-8/h1-6H,7H2,(H,20,21). The van der Waals surface area contributed by atoms with Crippen LogP contribution in [0, 0.1) is 0 Å². The molecule has 1 N–H and O–H groups in total. The molecule has 0 fully saturated rings. The lowest BCUT2D eigenvalue weighted by Crippen LogP contribution is -2.21. The SMILES string of the molecule is O=C(COC(=O)c1ccc(Cl)c(Cl)c1)Nc1ccc(Cl)cc1Cl. The van der Waals surface area contributed by atoms with Crippen molar-refractivity contribution in [1.29, 1.82) is 0 Å². The van der Waals surface area contributed by atoms with Crippen LogP contribution in [-0.2, 0) is 9.53 Å². The highest BCUT2D eigenvalue weighted by Crippen LogP contribution is 2.25. The van der Waals surface area contributed by atoms with E-state index in [0.29, 0.717) is 15.7 Å². The molecule has 0 atom stereocenters. The third kappa shape index (κ3) is 5.01. The second-order valence-corrected chi connectivity index (χ2v) is 6.04. The topological polar surface area (TPSA) is 55.4 Å². The zero-order chi connectivity index (χ0) is 17.0. The van der Waals surface area contributed by atoms with Gasteiger partial charge < -0.3 is 10.1 Å². The predicted octanol–water partition coefficient (Wildman–Crippen LogP) is 5.10. The molecule has 2 aromatic carbocycles. The van der Waals surface area contributed by atoms with Crippen molar-refractivity contribution in [3.8, 4) is 0 Å². The van der Waals surface area contributed by atoms with E-state index in [-0.39, 0.29) is 15.6 Å². The molecule has 23 heavy (non-hydrogen) atoms. The summed E-state index contributed by atoms with van der Waals surface area (Å²) in [5.74, 6) is -1.23. The van der Waals surface area contributed by atoms with Crippen LogP contribution in [0.5, 0.6) is 0 Å². The summed E-state index contributed by atoms with van der Waals surface area (Å²) in [5, 5.41) is 3.77. The van der Waals surface area contributed by atoms with Crippen LogP contribution in [0.2, 0.25) is 20.1 Å². The van der Waals surface area contributed by atoms with Crippen LogP contribution in [0.1, 0.15) is 10.4 Å². The summed E-state index contributed by atoms with van der Waals surface area (Å²) in [4.78, 5) is 23.6. The van der Waals surface area contributed by atoms with Crippen LogP contribution < -0.4 is 5.32 Å². The molecule has 120 valence electrons. The van der Waals surface area contributed by atoms with Crippen LogP contribution in [-0.4, -0.2) is 18.5 Å². The second kappa shape index (κ2) is 7.88. The highest BCUT2D eigenvalue weighted by atomic mass is 35.5. The average Bonchev–Trinajstić information content (AvgIpc) is 2.50. The molecule has 0 heterocycles. The van der Waals surface area contributed by atoms with Gasteiger partial charge in [0.1, 0.15) is 0 Å².